The molecule has 2 heterocycles. The van der Waals surface area contributed by atoms with E-state index in [0.717, 1.165) is 23.4 Å². The highest BCUT2D eigenvalue weighted by Gasteiger charge is 2.34. The lowest BCUT2D eigenvalue weighted by atomic mass is 10.1. The van der Waals surface area contributed by atoms with E-state index in [4.69, 9.17) is 0 Å². The zero-order valence-corrected chi connectivity index (χ0v) is 16.2. The van der Waals surface area contributed by atoms with E-state index in [1.165, 1.54) is 4.90 Å². The number of fused-ring (bicyclic) bond motifs is 2. The molecular formula is C22H22N4O3. The number of para-hydroxylation sites is 2. The van der Waals surface area contributed by atoms with Gasteiger partial charge in [0.1, 0.15) is 5.82 Å². The number of carbonyl (C=O) groups is 3. The fraction of sp³-hybridized carbons (Fsp3) is 0.273. The molecule has 7 nitrogen and oxygen atoms in total. The maximum atomic E-state index is 12.3. The van der Waals surface area contributed by atoms with E-state index in [0.29, 0.717) is 24.1 Å². The first-order valence-corrected chi connectivity index (χ1v) is 9.76. The van der Waals surface area contributed by atoms with Gasteiger partial charge in [-0.15, -0.1) is 0 Å². The molecule has 148 valence electrons. The van der Waals surface area contributed by atoms with Gasteiger partial charge in [0.2, 0.25) is 5.91 Å². The molecule has 1 aliphatic heterocycles. The smallest absolute Gasteiger partial charge is 0.261 e. The molecule has 1 aliphatic rings. The second-order valence-corrected chi connectivity index (χ2v) is 6.95. The number of hydrogen-bond acceptors (Lipinski definition) is 4. The Bertz CT molecular complexity index is 1070. The second kappa shape index (κ2) is 7.87. The molecule has 1 aromatic heterocycles. The highest BCUT2D eigenvalue weighted by molar-refractivity contribution is 6.21. The summed E-state index contributed by atoms with van der Waals surface area (Å²) in [5.74, 6) is 0.101. The third-order valence-corrected chi connectivity index (χ3v) is 5.16. The predicted octanol–water partition coefficient (Wildman–Crippen LogP) is 2.75. The summed E-state index contributed by atoms with van der Waals surface area (Å²) in [7, 11) is 0. The fourth-order valence-electron chi connectivity index (χ4n) is 3.72. The van der Waals surface area contributed by atoms with Gasteiger partial charge in [-0.3, -0.25) is 19.3 Å². The lowest BCUT2D eigenvalue weighted by Gasteiger charge is -2.13. The van der Waals surface area contributed by atoms with Crippen LogP contribution in [0.4, 0.5) is 0 Å². The molecule has 4 rings (SSSR count). The normalized spacial score (nSPS) is 13.2. The SMILES string of the molecule is CCn1c(CNC(=O)CCCN2C(=O)c3ccccc3C2=O)nc2ccccc21. The number of nitrogens with zero attached hydrogens (tertiary/aromatic N) is 3. The van der Waals surface area contributed by atoms with Gasteiger partial charge in [-0.2, -0.15) is 0 Å². The second-order valence-electron chi connectivity index (χ2n) is 6.95. The number of benzene rings is 2. The lowest BCUT2D eigenvalue weighted by molar-refractivity contribution is -0.121. The van der Waals surface area contributed by atoms with Gasteiger partial charge in [-0.05, 0) is 37.6 Å². The topological polar surface area (TPSA) is 84.3 Å². The van der Waals surface area contributed by atoms with E-state index in [1.54, 1.807) is 24.3 Å². The third-order valence-electron chi connectivity index (χ3n) is 5.16. The lowest BCUT2D eigenvalue weighted by Crippen LogP contribution is -2.32. The van der Waals surface area contributed by atoms with Crippen molar-refractivity contribution in [3.8, 4) is 0 Å². The van der Waals surface area contributed by atoms with Crippen molar-refractivity contribution in [2.45, 2.75) is 32.9 Å². The number of nitrogens with one attached hydrogen (secondary N) is 1. The number of aromatic nitrogens is 2. The molecule has 29 heavy (non-hydrogen) atoms. The van der Waals surface area contributed by atoms with Gasteiger partial charge in [0, 0.05) is 19.5 Å². The van der Waals surface area contributed by atoms with Gasteiger partial charge in [0.25, 0.3) is 11.8 Å². The summed E-state index contributed by atoms with van der Waals surface area (Å²) in [4.78, 5) is 42.7. The number of carbonyl (C=O) groups excluding carboxylic acids is 3. The molecule has 3 amide bonds. The Hall–Kier alpha value is -3.48. The van der Waals surface area contributed by atoms with Gasteiger partial charge in [0.05, 0.1) is 28.7 Å². The monoisotopic (exact) mass is 390 g/mol. The van der Waals surface area contributed by atoms with Crippen LogP contribution in [0.1, 0.15) is 46.3 Å². The van der Waals surface area contributed by atoms with Crippen molar-refractivity contribution in [3.63, 3.8) is 0 Å². The average molecular weight is 390 g/mol. The summed E-state index contributed by atoms with van der Waals surface area (Å²) in [5, 5.41) is 2.89. The zero-order valence-electron chi connectivity index (χ0n) is 16.2. The van der Waals surface area contributed by atoms with Crippen LogP contribution in [0, 0.1) is 0 Å². The van der Waals surface area contributed by atoms with Gasteiger partial charge < -0.3 is 9.88 Å². The number of aryl methyl sites for hydroxylation is 1. The van der Waals surface area contributed by atoms with Crippen molar-refractivity contribution in [1.82, 2.24) is 19.8 Å². The van der Waals surface area contributed by atoms with Gasteiger partial charge in [-0.1, -0.05) is 24.3 Å². The van der Waals surface area contributed by atoms with Crippen LogP contribution < -0.4 is 5.32 Å². The first kappa shape index (κ1) is 18.9. The van der Waals surface area contributed by atoms with Crippen molar-refractivity contribution in [2.75, 3.05) is 6.54 Å². The van der Waals surface area contributed by atoms with Crippen LogP contribution in [0.25, 0.3) is 11.0 Å². The molecule has 0 atom stereocenters. The Balaban J connectivity index is 1.30. The van der Waals surface area contributed by atoms with Crippen LogP contribution >= 0.6 is 0 Å². The first-order chi connectivity index (χ1) is 14.1. The third kappa shape index (κ3) is 3.51. The first-order valence-electron chi connectivity index (χ1n) is 9.76. The summed E-state index contributed by atoms with van der Waals surface area (Å²) in [6.45, 7) is 3.38. The Labute approximate surface area is 168 Å². The van der Waals surface area contributed by atoms with Crippen molar-refractivity contribution in [3.05, 3.63) is 65.5 Å². The number of rotatable bonds is 7. The molecule has 0 saturated heterocycles. The quantitative estimate of drug-likeness (QED) is 0.629. The molecule has 7 heteroatoms. The summed E-state index contributed by atoms with van der Waals surface area (Å²) < 4.78 is 2.08. The van der Waals surface area contributed by atoms with E-state index in [-0.39, 0.29) is 30.7 Å². The van der Waals surface area contributed by atoms with E-state index < -0.39 is 0 Å². The minimum atomic E-state index is -0.289. The van der Waals surface area contributed by atoms with Crippen LogP contribution in [-0.2, 0) is 17.9 Å². The summed E-state index contributed by atoms with van der Waals surface area (Å²) in [6, 6.07) is 14.7. The van der Waals surface area contributed by atoms with E-state index in [2.05, 4.69) is 14.9 Å². The molecule has 0 radical (unpaired) electrons. The summed E-state index contributed by atoms with van der Waals surface area (Å²) in [6.07, 6.45) is 0.654. The predicted molar refractivity (Wildman–Crippen MR) is 108 cm³/mol. The van der Waals surface area contributed by atoms with Gasteiger partial charge >= 0.3 is 0 Å². The number of amides is 3. The van der Waals surface area contributed by atoms with Crippen LogP contribution in [0.15, 0.2) is 48.5 Å². The highest BCUT2D eigenvalue weighted by atomic mass is 16.2. The Morgan fingerprint density at radius 3 is 2.34 bits per heavy atom. The number of imidazole rings is 1. The van der Waals surface area contributed by atoms with Crippen LogP contribution in [0.5, 0.6) is 0 Å². The summed E-state index contributed by atoms with van der Waals surface area (Å²) >= 11 is 0. The largest absolute Gasteiger partial charge is 0.349 e. The maximum Gasteiger partial charge on any atom is 0.261 e. The van der Waals surface area contributed by atoms with E-state index >= 15 is 0 Å². The minimum Gasteiger partial charge on any atom is -0.349 e. The summed E-state index contributed by atoms with van der Waals surface area (Å²) in [5.41, 5.74) is 2.81. The molecule has 0 saturated carbocycles. The van der Waals surface area contributed by atoms with Gasteiger partial charge in [0.15, 0.2) is 0 Å². The molecule has 0 unspecified atom stereocenters. The molecule has 2 aromatic carbocycles. The number of hydrogen-bond donors (Lipinski definition) is 1. The molecule has 3 aromatic rings. The standard InChI is InChI=1S/C22H22N4O3/c1-2-25-18-11-6-5-10-17(18)24-19(25)14-23-20(27)12-7-13-26-21(28)15-8-3-4-9-16(15)22(26)29/h3-6,8-11H,2,7,12-14H2,1H3,(H,23,27). The minimum absolute atomic E-state index is 0.128. The van der Waals surface area contributed by atoms with E-state index in [9.17, 15) is 14.4 Å². The van der Waals surface area contributed by atoms with Crippen molar-refractivity contribution >= 4 is 28.8 Å². The number of imide groups is 1. The van der Waals surface area contributed by atoms with Crippen LogP contribution in [-0.4, -0.2) is 38.7 Å². The van der Waals surface area contributed by atoms with E-state index in [1.807, 2.05) is 31.2 Å². The van der Waals surface area contributed by atoms with Gasteiger partial charge in [-0.25, -0.2) is 4.98 Å². The average Bonchev–Trinajstić information content (AvgIpc) is 3.22. The van der Waals surface area contributed by atoms with Crippen molar-refractivity contribution in [1.29, 1.82) is 0 Å². The molecule has 0 spiro atoms. The zero-order chi connectivity index (χ0) is 20.4. The molecule has 0 aliphatic carbocycles. The Kier molecular flexibility index (Phi) is 5.12. The molecule has 0 bridgehead atoms. The Morgan fingerprint density at radius 1 is 1.00 bits per heavy atom. The highest BCUT2D eigenvalue weighted by Crippen LogP contribution is 2.22. The van der Waals surface area contributed by atoms with Crippen LogP contribution in [0.2, 0.25) is 0 Å². The molecular weight excluding hydrogens is 368 g/mol. The fourth-order valence-corrected chi connectivity index (χ4v) is 3.72. The Morgan fingerprint density at radius 2 is 1.66 bits per heavy atom. The molecule has 1 N–H and O–H groups in total. The maximum absolute atomic E-state index is 12.3. The molecule has 0 fully saturated rings. The van der Waals surface area contributed by atoms with Crippen LogP contribution in [0.3, 0.4) is 0 Å². The van der Waals surface area contributed by atoms with Crippen molar-refractivity contribution < 1.29 is 14.4 Å². The van der Waals surface area contributed by atoms with Crippen molar-refractivity contribution in [2.24, 2.45) is 0 Å².